The Morgan fingerprint density at radius 3 is 2.88 bits per heavy atom. The lowest BCUT2D eigenvalue weighted by Gasteiger charge is -2.17. The highest BCUT2D eigenvalue weighted by Crippen LogP contribution is 2.28. The van der Waals surface area contributed by atoms with Gasteiger partial charge in [-0.3, -0.25) is 4.79 Å². The summed E-state index contributed by atoms with van der Waals surface area (Å²) in [4.78, 5) is 18.5. The van der Waals surface area contributed by atoms with Crippen molar-refractivity contribution in [2.24, 2.45) is 0 Å². The molecule has 0 unspecified atom stereocenters. The van der Waals surface area contributed by atoms with Crippen molar-refractivity contribution in [3.8, 4) is 0 Å². The zero-order valence-corrected chi connectivity index (χ0v) is 15.6. The summed E-state index contributed by atoms with van der Waals surface area (Å²) >= 11 is 1.57. The highest BCUT2D eigenvalue weighted by atomic mass is 32.1. The molecule has 2 aromatic heterocycles. The number of benzene rings is 1. The molecule has 1 amide bonds. The highest BCUT2D eigenvalue weighted by Gasteiger charge is 2.18. The van der Waals surface area contributed by atoms with Crippen molar-refractivity contribution in [1.82, 2.24) is 9.88 Å². The Morgan fingerprint density at radius 2 is 2.12 bits per heavy atom. The first-order valence-corrected chi connectivity index (χ1v) is 9.73. The van der Waals surface area contributed by atoms with Crippen LogP contribution in [0.5, 0.6) is 0 Å². The number of nitrogens with zero attached hydrogens (tertiary/aromatic N) is 2. The molecule has 3 aromatic rings. The number of aryl methyl sites for hydroxylation is 2. The number of unbranched alkanes of at least 4 members (excludes halogenated alkanes) is 1. The minimum atomic E-state index is 0.139. The fourth-order valence-electron chi connectivity index (χ4n) is 2.97. The molecule has 132 valence electrons. The second kappa shape index (κ2) is 8.30. The molecular weight excluding hydrogens is 332 g/mol. The molecule has 5 heteroatoms. The van der Waals surface area contributed by atoms with Gasteiger partial charge in [0.05, 0.1) is 11.2 Å². The summed E-state index contributed by atoms with van der Waals surface area (Å²) in [6, 6.07) is 8.09. The smallest absolute Gasteiger partial charge is 0.223 e. The van der Waals surface area contributed by atoms with E-state index in [9.17, 15) is 4.79 Å². The molecule has 3 rings (SSSR count). The number of para-hydroxylation sites is 1. The quantitative estimate of drug-likeness (QED) is 0.581. The van der Waals surface area contributed by atoms with Gasteiger partial charge in [0, 0.05) is 42.8 Å². The lowest BCUT2D eigenvalue weighted by atomic mass is 10.1. The molecule has 0 saturated carbocycles. The topological polar surface area (TPSA) is 46.3 Å². The van der Waals surface area contributed by atoms with Gasteiger partial charge in [-0.25, -0.2) is 4.98 Å². The Bertz CT molecular complexity index is 823. The molecule has 2 heterocycles. The molecule has 0 saturated heterocycles. The maximum absolute atomic E-state index is 12.5. The van der Waals surface area contributed by atoms with Crippen LogP contribution in [0.2, 0.25) is 0 Å². The summed E-state index contributed by atoms with van der Waals surface area (Å²) in [5.74, 6) is 1.15. The van der Waals surface area contributed by atoms with E-state index < -0.39 is 0 Å². The van der Waals surface area contributed by atoms with Gasteiger partial charge < -0.3 is 9.32 Å². The number of amides is 1. The number of thiazole rings is 1. The van der Waals surface area contributed by atoms with Crippen LogP contribution in [0.1, 0.15) is 43.2 Å². The molecule has 0 spiro atoms. The van der Waals surface area contributed by atoms with E-state index in [1.54, 1.807) is 21.7 Å². The van der Waals surface area contributed by atoms with E-state index in [0.29, 0.717) is 19.4 Å². The molecule has 0 atom stereocenters. The van der Waals surface area contributed by atoms with Gasteiger partial charge in [0.1, 0.15) is 11.3 Å². The Kier molecular flexibility index (Phi) is 5.87. The lowest BCUT2D eigenvalue weighted by Crippen LogP contribution is -2.26. The Labute approximate surface area is 152 Å². The first-order valence-electron chi connectivity index (χ1n) is 8.79. The van der Waals surface area contributed by atoms with Gasteiger partial charge in [-0.2, -0.15) is 0 Å². The number of fused-ring (bicyclic) bond motifs is 1. The minimum Gasteiger partial charge on any atom is -0.461 e. The predicted molar refractivity (Wildman–Crippen MR) is 102 cm³/mol. The SMILES string of the molecule is CCCCc1oc2ccccc2c1CN(C)C(=O)CCc1cscn1. The molecule has 0 aliphatic rings. The standard InChI is InChI=1S/C20H24N2O2S/c1-3-4-8-19-17(16-7-5-6-9-18(16)24-19)12-22(2)20(23)11-10-15-13-25-14-21-15/h5-7,9,13-14H,3-4,8,10-12H2,1-2H3. The minimum absolute atomic E-state index is 0.139. The van der Waals surface area contributed by atoms with E-state index in [4.69, 9.17) is 4.42 Å². The molecule has 0 aliphatic heterocycles. The van der Waals surface area contributed by atoms with E-state index in [0.717, 1.165) is 47.2 Å². The Balaban J connectivity index is 1.72. The fourth-order valence-corrected chi connectivity index (χ4v) is 3.57. The molecule has 25 heavy (non-hydrogen) atoms. The van der Waals surface area contributed by atoms with E-state index in [2.05, 4.69) is 18.0 Å². The molecular formula is C20H24N2O2S. The number of carbonyl (C=O) groups is 1. The third-order valence-corrected chi connectivity index (χ3v) is 5.07. The summed E-state index contributed by atoms with van der Waals surface area (Å²) in [5, 5.41) is 3.12. The van der Waals surface area contributed by atoms with Crippen molar-refractivity contribution >= 4 is 28.2 Å². The number of furan rings is 1. The summed E-state index contributed by atoms with van der Waals surface area (Å²) in [5.41, 5.74) is 4.85. The molecule has 0 N–H and O–H groups in total. The second-order valence-electron chi connectivity index (χ2n) is 6.33. The third-order valence-electron chi connectivity index (χ3n) is 4.44. The van der Waals surface area contributed by atoms with Crippen molar-refractivity contribution in [2.75, 3.05) is 7.05 Å². The molecule has 0 bridgehead atoms. The summed E-state index contributed by atoms with van der Waals surface area (Å²) in [6.45, 7) is 2.77. The van der Waals surface area contributed by atoms with Crippen LogP contribution in [0.25, 0.3) is 11.0 Å². The van der Waals surface area contributed by atoms with Crippen molar-refractivity contribution in [1.29, 1.82) is 0 Å². The molecule has 0 radical (unpaired) electrons. The molecule has 0 aliphatic carbocycles. The van der Waals surface area contributed by atoms with Gasteiger partial charge in [0.25, 0.3) is 0 Å². The zero-order chi connectivity index (χ0) is 17.6. The lowest BCUT2D eigenvalue weighted by molar-refractivity contribution is -0.130. The maximum atomic E-state index is 12.5. The molecule has 4 nitrogen and oxygen atoms in total. The largest absolute Gasteiger partial charge is 0.461 e. The van der Waals surface area contributed by atoms with Crippen LogP contribution >= 0.6 is 11.3 Å². The predicted octanol–water partition coefficient (Wildman–Crippen LogP) is 4.82. The van der Waals surface area contributed by atoms with Crippen molar-refractivity contribution in [3.05, 3.63) is 52.2 Å². The number of carbonyl (C=O) groups excluding carboxylic acids is 1. The summed E-state index contributed by atoms with van der Waals surface area (Å²) in [7, 11) is 1.87. The van der Waals surface area contributed by atoms with E-state index >= 15 is 0 Å². The zero-order valence-electron chi connectivity index (χ0n) is 14.8. The van der Waals surface area contributed by atoms with Crippen LogP contribution in [-0.2, 0) is 24.2 Å². The van der Waals surface area contributed by atoms with Crippen LogP contribution in [0.15, 0.2) is 39.6 Å². The normalized spacial score (nSPS) is 11.1. The molecule has 0 fully saturated rings. The average Bonchev–Trinajstić information content (AvgIpc) is 3.26. The highest BCUT2D eigenvalue weighted by molar-refractivity contribution is 7.07. The Hall–Kier alpha value is -2.14. The molecule has 1 aromatic carbocycles. The number of rotatable bonds is 8. The summed E-state index contributed by atoms with van der Waals surface area (Å²) < 4.78 is 6.05. The first kappa shape index (κ1) is 17.7. The second-order valence-corrected chi connectivity index (χ2v) is 7.05. The monoisotopic (exact) mass is 356 g/mol. The van der Waals surface area contributed by atoms with Gasteiger partial charge in [-0.05, 0) is 18.9 Å². The van der Waals surface area contributed by atoms with Crippen LogP contribution in [-0.4, -0.2) is 22.8 Å². The van der Waals surface area contributed by atoms with Crippen molar-refractivity contribution in [2.45, 2.75) is 45.6 Å². The maximum Gasteiger partial charge on any atom is 0.223 e. The number of hydrogen-bond acceptors (Lipinski definition) is 4. The van der Waals surface area contributed by atoms with Crippen LogP contribution in [0.4, 0.5) is 0 Å². The Morgan fingerprint density at radius 1 is 1.28 bits per heavy atom. The van der Waals surface area contributed by atoms with Gasteiger partial charge >= 0.3 is 0 Å². The van der Waals surface area contributed by atoms with E-state index in [-0.39, 0.29) is 5.91 Å². The fraction of sp³-hybridized carbons (Fsp3) is 0.400. The van der Waals surface area contributed by atoms with Crippen molar-refractivity contribution < 1.29 is 9.21 Å². The van der Waals surface area contributed by atoms with Gasteiger partial charge in [-0.1, -0.05) is 31.5 Å². The van der Waals surface area contributed by atoms with Gasteiger partial charge in [0.2, 0.25) is 5.91 Å². The van der Waals surface area contributed by atoms with Crippen LogP contribution < -0.4 is 0 Å². The van der Waals surface area contributed by atoms with E-state index in [1.807, 2.05) is 30.6 Å². The number of hydrogen-bond donors (Lipinski definition) is 0. The van der Waals surface area contributed by atoms with Crippen LogP contribution in [0.3, 0.4) is 0 Å². The van der Waals surface area contributed by atoms with Crippen molar-refractivity contribution in [3.63, 3.8) is 0 Å². The average molecular weight is 356 g/mol. The third kappa shape index (κ3) is 4.28. The summed E-state index contributed by atoms with van der Waals surface area (Å²) in [6.07, 6.45) is 4.32. The van der Waals surface area contributed by atoms with E-state index in [1.165, 1.54) is 0 Å². The van der Waals surface area contributed by atoms with Gasteiger partial charge in [0.15, 0.2) is 0 Å². The first-order chi connectivity index (χ1) is 12.2. The number of aromatic nitrogens is 1. The van der Waals surface area contributed by atoms with Gasteiger partial charge in [-0.15, -0.1) is 11.3 Å². The van der Waals surface area contributed by atoms with Crippen LogP contribution in [0, 0.1) is 0 Å².